The molecule has 3 aromatic rings. The van der Waals surface area contributed by atoms with Gasteiger partial charge in [0.15, 0.2) is 11.6 Å². The third kappa shape index (κ3) is 5.81. The molecule has 9 nitrogen and oxygen atoms in total. The van der Waals surface area contributed by atoms with Crippen LogP contribution in [-0.2, 0) is 11.2 Å². The van der Waals surface area contributed by atoms with Crippen LogP contribution in [0.15, 0.2) is 41.7 Å². The van der Waals surface area contributed by atoms with Gasteiger partial charge in [0.2, 0.25) is 12.4 Å². The lowest BCUT2D eigenvalue weighted by molar-refractivity contribution is -0.131. The maximum atomic E-state index is 16.7. The summed E-state index contributed by atoms with van der Waals surface area (Å²) in [6.45, 7) is 12.1. The molecule has 2 fully saturated rings. The van der Waals surface area contributed by atoms with Gasteiger partial charge in [-0.3, -0.25) is 9.78 Å². The fourth-order valence-corrected chi connectivity index (χ4v) is 7.66. The number of carbonyl (C=O) groups excluding carboxylic acids is 1. The van der Waals surface area contributed by atoms with Crippen molar-refractivity contribution in [3.8, 4) is 23.2 Å². The maximum Gasteiger partial charge on any atom is 0.282 e. The van der Waals surface area contributed by atoms with Gasteiger partial charge >= 0.3 is 0 Å². The summed E-state index contributed by atoms with van der Waals surface area (Å²) >= 11 is 1.75. The number of rotatable bonds is 7. The lowest BCUT2D eigenvalue weighted by Crippen LogP contribution is -2.56. The predicted octanol–water partition coefficient (Wildman–Crippen LogP) is 5.24. The molecule has 1 aromatic carbocycles. The van der Waals surface area contributed by atoms with E-state index in [2.05, 4.69) is 32.4 Å². The Kier molecular flexibility index (Phi) is 8.88. The highest BCUT2D eigenvalue weighted by molar-refractivity contribution is 7.99. The van der Waals surface area contributed by atoms with E-state index in [4.69, 9.17) is 11.3 Å². The number of hydrogen-bond donors (Lipinski definition) is 0. The van der Waals surface area contributed by atoms with Crippen LogP contribution in [0.3, 0.4) is 0 Å². The second-order valence-electron chi connectivity index (χ2n) is 11.6. The van der Waals surface area contributed by atoms with E-state index in [0.29, 0.717) is 11.1 Å². The van der Waals surface area contributed by atoms with Gasteiger partial charge in [0.1, 0.15) is 35.5 Å². The molecule has 2 aromatic heterocycles. The molecule has 0 saturated carbocycles. The predicted molar refractivity (Wildman–Crippen MR) is 169 cm³/mol. The summed E-state index contributed by atoms with van der Waals surface area (Å²) in [7, 11) is 2.02. The number of thioether (sulfide) groups is 1. The van der Waals surface area contributed by atoms with Crippen LogP contribution in [0.25, 0.3) is 27.0 Å². The summed E-state index contributed by atoms with van der Waals surface area (Å²) in [5.74, 6) is -1.53. The van der Waals surface area contributed by atoms with Crippen LogP contribution < -0.4 is 9.64 Å². The molecule has 2 atom stereocenters. The summed E-state index contributed by atoms with van der Waals surface area (Å²) in [6.07, 6.45) is 5.33. The topological polar surface area (TPSA) is 90.0 Å². The molecule has 6 rings (SSSR count). The number of amides is 1. The normalized spacial score (nSPS) is 20.0. The number of likely N-dealkylation sites (N-methyl/N-ethyl adjacent to an activating group) is 1. The smallest absolute Gasteiger partial charge is 0.282 e. The van der Waals surface area contributed by atoms with Crippen molar-refractivity contribution < 1.29 is 18.3 Å². The monoisotopic (exact) mass is 629 g/mol. The summed E-state index contributed by atoms with van der Waals surface area (Å²) in [5, 5.41) is 10.8. The Balaban J connectivity index is 1.49. The van der Waals surface area contributed by atoms with Crippen LogP contribution in [0.4, 0.5) is 14.5 Å². The molecule has 0 radical (unpaired) electrons. The molecule has 12 heteroatoms. The first-order valence-corrected chi connectivity index (χ1v) is 16.0. The van der Waals surface area contributed by atoms with E-state index in [1.165, 1.54) is 4.90 Å². The minimum atomic E-state index is -1.10. The van der Waals surface area contributed by atoms with E-state index in [0.717, 1.165) is 54.0 Å². The Morgan fingerprint density at radius 2 is 2.13 bits per heavy atom. The van der Waals surface area contributed by atoms with Gasteiger partial charge in [-0.25, -0.2) is 20.3 Å². The number of nitriles is 1. The average molecular weight is 630 g/mol. The van der Waals surface area contributed by atoms with Gasteiger partial charge in [0, 0.05) is 47.7 Å². The first-order chi connectivity index (χ1) is 21.8. The largest absolute Gasteiger partial charge is 0.475 e. The number of aromatic nitrogens is 2. The second kappa shape index (κ2) is 13.0. The van der Waals surface area contributed by atoms with E-state index in [9.17, 15) is 14.4 Å². The molecule has 0 N–H and O–H groups in total. The SMILES string of the molecule is [C-]#[N+]C[C@H]1CN(c2c(C#N)c(OC[C@@H]3CCCN3C)nc3c(F)c(-c4cccc5c4CCCS5)ncc23)CCN1C(=O)C(=C)F. The minimum absolute atomic E-state index is 0.0272. The summed E-state index contributed by atoms with van der Waals surface area (Å²) in [6, 6.07) is 7.53. The number of pyridine rings is 2. The van der Waals surface area contributed by atoms with Crippen molar-refractivity contribution in [2.45, 2.75) is 42.7 Å². The Bertz CT molecular complexity index is 1750. The van der Waals surface area contributed by atoms with Crippen LogP contribution >= 0.6 is 11.8 Å². The molecule has 0 bridgehead atoms. The van der Waals surface area contributed by atoms with Gasteiger partial charge in [-0.2, -0.15) is 5.26 Å². The number of benzene rings is 1. The molecule has 3 aliphatic rings. The number of fused-ring (bicyclic) bond motifs is 2. The Morgan fingerprint density at radius 3 is 2.87 bits per heavy atom. The van der Waals surface area contributed by atoms with Crippen LogP contribution in [0.2, 0.25) is 0 Å². The highest BCUT2D eigenvalue weighted by Gasteiger charge is 2.36. The number of piperazine rings is 1. The minimum Gasteiger partial charge on any atom is -0.475 e. The van der Waals surface area contributed by atoms with E-state index in [1.807, 2.05) is 30.1 Å². The van der Waals surface area contributed by atoms with Crippen molar-refractivity contribution in [2.24, 2.45) is 0 Å². The van der Waals surface area contributed by atoms with Crippen LogP contribution in [0.5, 0.6) is 5.88 Å². The van der Waals surface area contributed by atoms with Gasteiger partial charge in [0.25, 0.3) is 5.91 Å². The molecule has 2 saturated heterocycles. The third-order valence-corrected chi connectivity index (χ3v) is 10.1. The molecule has 45 heavy (non-hydrogen) atoms. The summed E-state index contributed by atoms with van der Waals surface area (Å²) in [5.41, 5.74) is 2.50. The van der Waals surface area contributed by atoms with Gasteiger partial charge < -0.3 is 24.3 Å². The Labute approximate surface area is 265 Å². The molecule has 0 aliphatic carbocycles. The fraction of sp³-hybridized carbons (Fsp3) is 0.424. The summed E-state index contributed by atoms with van der Waals surface area (Å²) < 4.78 is 36.8. The van der Waals surface area contributed by atoms with E-state index in [1.54, 1.807) is 18.0 Å². The molecule has 5 heterocycles. The van der Waals surface area contributed by atoms with Crippen molar-refractivity contribution in [2.75, 3.05) is 57.0 Å². The first kappa shape index (κ1) is 30.8. The molecular weight excluding hydrogens is 596 g/mol. The number of halogens is 2. The number of likely N-dealkylation sites (tertiary alicyclic amines) is 1. The zero-order valence-corrected chi connectivity index (χ0v) is 25.9. The fourth-order valence-electron chi connectivity index (χ4n) is 6.59. The molecule has 0 spiro atoms. The number of carbonyl (C=O) groups is 1. The maximum absolute atomic E-state index is 16.7. The lowest BCUT2D eigenvalue weighted by atomic mass is 9.98. The molecular formula is C33H33F2N7O2S. The van der Waals surface area contributed by atoms with E-state index in [-0.39, 0.29) is 61.5 Å². The second-order valence-corrected chi connectivity index (χ2v) is 12.7. The van der Waals surface area contributed by atoms with Crippen LogP contribution in [-0.4, -0.2) is 89.9 Å². The van der Waals surface area contributed by atoms with Gasteiger partial charge in [0.05, 0.1) is 5.69 Å². The highest BCUT2D eigenvalue weighted by atomic mass is 32.2. The number of anilines is 1. The Hall–Kier alpha value is -4.26. The lowest BCUT2D eigenvalue weighted by Gasteiger charge is -2.40. The molecule has 1 amide bonds. The van der Waals surface area contributed by atoms with Crippen molar-refractivity contribution in [1.29, 1.82) is 5.26 Å². The number of hydrogen-bond acceptors (Lipinski definition) is 8. The Morgan fingerprint density at radius 1 is 1.29 bits per heavy atom. The zero-order valence-electron chi connectivity index (χ0n) is 25.1. The van der Waals surface area contributed by atoms with Crippen molar-refractivity contribution in [3.05, 3.63) is 65.2 Å². The van der Waals surface area contributed by atoms with Crippen LogP contribution in [0.1, 0.15) is 30.4 Å². The van der Waals surface area contributed by atoms with Gasteiger partial charge in [-0.1, -0.05) is 18.7 Å². The van der Waals surface area contributed by atoms with Crippen LogP contribution in [0, 0.1) is 23.7 Å². The standard InChI is InChI=1S/C33H33F2N7O2S/c1-20(34)33(43)42-13-12-41(18-22(42)16-37-2)31-25(15-36)32(44-19-21-7-5-11-40(21)3)39-30-26(31)17-38-29(28(30)35)24-8-4-10-27-23(24)9-6-14-45-27/h4,8,10,17,21-22H,1,5-7,9,11-14,16,18-19H2,3H3/t21-,22-/m0/s1. The number of ether oxygens (including phenoxy) is 1. The highest BCUT2D eigenvalue weighted by Crippen LogP contribution is 2.41. The van der Waals surface area contributed by atoms with Gasteiger partial charge in [-0.15, -0.1) is 11.8 Å². The number of nitrogens with zero attached hydrogens (tertiary/aromatic N) is 7. The summed E-state index contributed by atoms with van der Waals surface area (Å²) in [4.78, 5) is 31.7. The first-order valence-electron chi connectivity index (χ1n) is 15.1. The van der Waals surface area contributed by atoms with E-state index < -0.39 is 23.6 Å². The zero-order chi connectivity index (χ0) is 31.7. The van der Waals surface area contributed by atoms with Crippen molar-refractivity contribution in [1.82, 2.24) is 19.8 Å². The molecule has 3 aliphatic heterocycles. The van der Waals surface area contributed by atoms with Crippen molar-refractivity contribution >= 4 is 34.3 Å². The van der Waals surface area contributed by atoms with E-state index >= 15 is 4.39 Å². The average Bonchev–Trinajstić information content (AvgIpc) is 3.47. The van der Waals surface area contributed by atoms with Gasteiger partial charge in [-0.05, 0) is 56.7 Å². The quantitative estimate of drug-likeness (QED) is 0.259. The van der Waals surface area contributed by atoms with Crippen molar-refractivity contribution in [3.63, 3.8) is 0 Å². The molecule has 0 unspecified atom stereocenters. The molecule has 232 valence electrons. The third-order valence-electron chi connectivity index (χ3n) is 8.92.